The van der Waals surface area contributed by atoms with Gasteiger partial charge in [-0.3, -0.25) is 81.5 Å². The third-order valence-electron chi connectivity index (χ3n) is 19.2. The molecule has 2 heterocycles. The summed E-state index contributed by atoms with van der Waals surface area (Å²) in [4.78, 5) is 240. The molecule has 39 heteroatoms. The largest absolute Gasteiger partial charge is 0.497 e. The molecule has 25 N–H and O–H groups in total. The predicted molar refractivity (Wildman–Crippen MR) is 430 cm³/mol. The molecule has 0 radical (unpaired) electrons. The summed E-state index contributed by atoms with van der Waals surface area (Å²) in [7, 11) is 1.42. The Bertz CT molecular complexity index is 4390. The van der Waals surface area contributed by atoms with Gasteiger partial charge < -0.3 is 113 Å². The molecule has 6 rings (SSSR count). The van der Waals surface area contributed by atoms with Gasteiger partial charge >= 0.3 is 0 Å². The SMILES string of the molecule is COc1ccc(C[C@H](NC(=O)[C@@H]2CSCC[C@H](NC(C)=O)C(=O)N[C@@H](CCC(N)=O)C(=O)N[C@@H]([C@@H](C)O)C(=O)N[C@@H](Cc3c[nH]c4ccccc34)C(=O)N[C@@H](CCC(N)=O)C(=O)N2)C(=O)N[C@@H](Cc2cccc3ccccc23)C(=O)N[C@@](C)(CCCCN)C(=O)N[C@@H](CCCCNC(C)=O)C(=O)N[C@@H](CC(N)=O)C(=O)NCC(N)=O)cc1. The fourth-order valence-corrected chi connectivity index (χ4v) is 13.9. The number of aromatic amines is 1. The Morgan fingerprint density at radius 3 is 1.83 bits per heavy atom. The number of carbonyl (C=O) groups is 17. The van der Waals surface area contributed by atoms with Gasteiger partial charge in [-0.25, -0.2) is 0 Å². The number of para-hydroxylation sites is 1. The maximum Gasteiger partial charge on any atom is 0.246 e. The van der Waals surface area contributed by atoms with Crippen LogP contribution in [0.2, 0.25) is 0 Å². The number of rotatable bonds is 39. The zero-order chi connectivity index (χ0) is 86.1. The summed E-state index contributed by atoms with van der Waals surface area (Å²) in [5, 5.41) is 46.6. The highest BCUT2D eigenvalue weighted by Gasteiger charge is 2.42. The molecule has 1 aromatic heterocycles. The number of aliphatic hydroxyl groups is 1. The van der Waals surface area contributed by atoms with Crippen molar-refractivity contribution in [3.05, 3.63) is 114 Å². The van der Waals surface area contributed by atoms with E-state index in [0.717, 1.165) is 31.0 Å². The molecule has 1 saturated heterocycles. The van der Waals surface area contributed by atoms with Crippen LogP contribution in [-0.2, 0) is 101 Å². The zero-order valence-electron chi connectivity index (χ0n) is 65.8. The van der Waals surface area contributed by atoms with Gasteiger partial charge in [0.1, 0.15) is 71.7 Å². The molecule has 634 valence electrons. The molecule has 5 aromatic rings. The van der Waals surface area contributed by atoms with E-state index < -0.39 is 211 Å². The van der Waals surface area contributed by atoms with E-state index >= 15 is 28.8 Å². The molecule has 0 spiro atoms. The topological polar surface area (TPSA) is 622 Å². The van der Waals surface area contributed by atoms with Crippen molar-refractivity contribution >= 4 is 134 Å². The van der Waals surface area contributed by atoms with Crippen molar-refractivity contribution in [1.29, 1.82) is 0 Å². The molecule has 0 unspecified atom stereocenters. The highest BCUT2D eigenvalue weighted by molar-refractivity contribution is 7.99. The number of benzene rings is 4. The van der Waals surface area contributed by atoms with Gasteiger partial charge in [0.05, 0.1) is 26.2 Å². The lowest BCUT2D eigenvalue weighted by Gasteiger charge is -2.34. The number of amides is 17. The first-order valence-electron chi connectivity index (χ1n) is 38.2. The van der Waals surface area contributed by atoms with E-state index in [0.29, 0.717) is 45.1 Å². The number of aromatic nitrogens is 1. The number of methoxy groups -OCH3 is 1. The van der Waals surface area contributed by atoms with Crippen molar-refractivity contribution in [2.24, 2.45) is 28.7 Å². The normalized spacial score (nSPS) is 18.8. The Balaban J connectivity index is 1.46. The van der Waals surface area contributed by atoms with E-state index in [1.807, 2.05) is 12.1 Å². The second-order valence-corrected chi connectivity index (χ2v) is 29.8. The Morgan fingerprint density at radius 2 is 1.20 bits per heavy atom. The monoisotopic (exact) mass is 1650 g/mol. The Labute approximate surface area is 678 Å². The molecule has 0 bridgehead atoms. The lowest BCUT2D eigenvalue weighted by atomic mass is 9.91. The number of carbonyl (C=O) groups excluding carboxylic acids is 17. The minimum absolute atomic E-state index is 0.129. The molecule has 17 amide bonds. The molecular formula is C78H107N19O19S. The first-order chi connectivity index (χ1) is 55.6. The van der Waals surface area contributed by atoms with Gasteiger partial charge in [0, 0.05) is 75.3 Å². The summed E-state index contributed by atoms with van der Waals surface area (Å²) in [5.41, 5.74) is 27.8. The van der Waals surface area contributed by atoms with Crippen LogP contribution < -0.4 is 103 Å². The molecule has 1 aliphatic heterocycles. The number of unbranched alkanes of at least 4 members (excludes halogenated alkanes) is 2. The van der Waals surface area contributed by atoms with Gasteiger partial charge in [0.15, 0.2) is 0 Å². The van der Waals surface area contributed by atoms with Crippen LogP contribution in [0.4, 0.5) is 0 Å². The van der Waals surface area contributed by atoms with Crippen LogP contribution in [0, 0.1) is 0 Å². The fraction of sp³-hybridized carbons (Fsp3) is 0.474. The quantitative estimate of drug-likeness (QED) is 0.0167. The van der Waals surface area contributed by atoms with Gasteiger partial charge in [-0.2, -0.15) is 11.8 Å². The molecule has 38 nitrogen and oxygen atoms in total. The average molecular weight is 1650 g/mol. The number of hydrogen-bond acceptors (Lipinski definition) is 21. The van der Waals surface area contributed by atoms with E-state index in [-0.39, 0.29) is 82.5 Å². The summed E-state index contributed by atoms with van der Waals surface area (Å²) in [6.07, 6.45) is -3.59. The summed E-state index contributed by atoms with van der Waals surface area (Å²) in [6, 6.07) is 8.79. The summed E-state index contributed by atoms with van der Waals surface area (Å²) in [5.74, 6) is -16.5. The summed E-state index contributed by atoms with van der Waals surface area (Å²) in [6.45, 7) is 4.52. The van der Waals surface area contributed by atoms with E-state index in [2.05, 4.69) is 74.1 Å². The highest BCUT2D eigenvalue weighted by atomic mass is 32.2. The van der Waals surface area contributed by atoms with E-state index in [4.69, 9.17) is 33.4 Å². The number of aliphatic hydroxyl groups excluding tert-OH is 1. The number of hydrogen-bond donors (Lipinski definition) is 20. The van der Waals surface area contributed by atoms with Crippen LogP contribution in [0.15, 0.2) is 97.2 Å². The van der Waals surface area contributed by atoms with Crippen molar-refractivity contribution in [1.82, 2.24) is 74.1 Å². The lowest BCUT2D eigenvalue weighted by molar-refractivity contribution is -0.138. The molecule has 0 saturated carbocycles. The minimum Gasteiger partial charge on any atom is -0.497 e. The number of nitrogens with two attached hydrogens (primary N) is 5. The number of nitrogens with one attached hydrogen (secondary N) is 14. The fourth-order valence-electron chi connectivity index (χ4n) is 12.8. The number of ether oxygens (including phenoxy) is 1. The number of H-pyrrole nitrogens is 1. The van der Waals surface area contributed by atoms with Gasteiger partial charge in [0.25, 0.3) is 0 Å². The van der Waals surface area contributed by atoms with Gasteiger partial charge in [-0.05, 0) is 130 Å². The molecule has 117 heavy (non-hydrogen) atoms. The lowest BCUT2D eigenvalue weighted by Crippen LogP contribution is -2.64. The van der Waals surface area contributed by atoms with Gasteiger partial charge in [-0.15, -0.1) is 0 Å². The number of fused-ring (bicyclic) bond motifs is 2. The van der Waals surface area contributed by atoms with E-state index in [1.54, 1.807) is 85.1 Å². The van der Waals surface area contributed by atoms with Crippen molar-refractivity contribution in [2.75, 3.05) is 38.2 Å². The average Bonchev–Trinajstić information content (AvgIpc) is 1.77. The van der Waals surface area contributed by atoms with Gasteiger partial charge in [0.2, 0.25) is 100 Å². The third kappa shape index (κ3) is 30.5. The molecule has 4 aromatic carbocycles. The van der Waals surface area contributed by atoms with Crippen molar-refractivity contribution in [3.63, 3.8) is 0 Å². The van der Waals surface area contributed by atoms with Gasteiger partial charge in [-0.1, -0.05) is 72.8 Å². The molecule has 1 aliphatic rings. The van der Waals surface area contributed by atoms with Crippen LogP contribution in [0.1, 0.15) is 121 Å². The smallest absolute Gasteiger partial charge is 0.246 e. The van der Waals surface area contributed by atoms with Crippen LogP contribution in [-0.4, -0.2) is 221 Å². The minimum atomic E-state index is -2.00. The second kappa shape index (κ2) is 46.3. The maximum atomic E-state index is 15.7. The third-order valence-corrected chi connectivity index (χ3v) is 20.3. The zero-order valence-corrected chi connectivity index (χ0v) is 66.6. The molecular weight excluding hydrogens is 1540 g/mol. The Kier molecular flexibility index (Phi) is 37.1. The standard InChI is InChI=1S/C78H107N19O19S/c1-42(98)66-76(114)93-58(37-48-39-85-52-20-9-8-19-51(48)52)73(111)89-54(26-28-62(80)101)69(107)94-61(41-117-34-30-56(87-44(3)100)70(108)88-55(71(109)96-66)27-29-63(81)102)74(112)90-57(35-45-22-24-49(116-5)25-23-45)72(110)91-59(36-47-17-14-16-46-15-6-7-18-50(46)47)75(113)97-78(4,31-11-12-32-79)77(115)95-53(21-10-13-33-84-43(2)99)68(106)92-60(38-64(82)103)67(105)86-40-65(83)104/h6-9,14-20,22-25,39,42,53-61,66,85,98H,10-13,21,26-38,40-41,79H2,1-5H3,(H2,80,101)(H2,81,102)(H2,82,103)(H2,83,104)(H,84,99)(H,86,105)(H,87,100)(H,88,108)(H,89,111)(H,90,112)(H,91,110)(H,92,106)(H,93,114)(H,94,107)(H,95,115)(H,96,109)(H,97,113)/t42-,53+,54+,55+,56+,57+,58+,59+,60+,61+,66+,78+/m1/s1. The first-order valence-corrected chi connectivity index (χ1v) is 39.3. The Hall–Kier alpha value is -12.3. The highest BCUT2D eigenvalue weighted by Crippen LogP contribution is 2.25. The van der Waals surface area contributed by atoms with Crippen molar-refractivity contribution in [3.8, 4) is 5.75 Å². The van der Waals surface area contributed by atoms with Crippen LogP contribution in [0.5, 0.6) is 5.75 Å². The van der Waals surface area contributed by atoms with E-state index in [1.165, 1.54) is 21.0 Å². The Morgan fingerprint density at radius 1 is 0.590 bits per heavy atom. The number of thioether (sulfide) groups is 1. The summed E-state index contributed by atoms with van der Waals surface area (Å²) >= 11 is 0.934. The van der Waals surface area contributed by atoms with E-state index in [9.17, 15) is 57.8 Å². The predicted octanol–water partition coefficient (Wildman–Crippen LogP) is -3.94. The van der Waals surface area contributed by atoms with Crippen LogP contribution in [0.25, 0.3) is 21.7 Å². The summed E-state index contributed by atoms with van der Waals surface area (Å²) < 4.78 is 5.42. The second-order valence-electron chi connectivity index (χ2n) is 28.7. The first kappa shape index (κ1) is 93.6. The van der Waals surface area contributed by atoms with Crippen molar-refractivity contribution in [2.45, 2.75) is 196 Å². The molecule has 12 atom stereocenters. The maximum absolute atomic E-state index is 15.7. The molecule has 1 fully saturated rings. The van der Waals surface area contributed by atoms with Crippen molar-refractivity contribution < 1.29 is 91.4 Å². The van der Waals surface area contributed by atoms with Crippen LogP contribution in [0.3, 0.4) is 0 Å². The van der Waals surface area contributed by atoms with Crippen LogP contribution >= 0.6 is 11.8 Å². The molecule has 0 aliphatic carbocycles. The number of primary amides is 4.